The molecule has 0 radical (unpaired) electrons. The zero-order chi connectivity index (χ0) is 8.27. The second kappa shape index (κ2) is 3.44. The van der Waals surface area contributed by atoms with Crippen LogP contribution in [-0.4, -0.2) is 7.11 Å². The number of methoxy groups -OCH3 is 1. The highest BCUT2D eigenvalue weighted by Gasteiger charge is 1.87. The molecule has 0 unspecified atom stereocenters. The standard InChI is InChI=1S/C10H13O/c1-8-4-9(2)6-10(5-8)7-11-3/h4-6H,1,7H2,2-3H3/q-1. The minimum Gasteiger partial charge on any atom is -0.381 e. The third kappa shape index (κ3) is 2.28. The molecule has 0 atom stereocenters. The van der Waals surface area contributed by atoms with Crippen LogP contribution in [-0.2, 0) is 11.3 Å². The highest BCUT2D eigenvalue weighted by Crippen LogP contribution is 2.09. The van der Waals surface area contributed by atoms with Crippen molar-refractivity contribution in [3.05, 3.63) is 41.8 Å². The fourth-order valence-electron chi connectivity index (χ4n) is 1.20. The highest BCUT2D eigenvalue weighted by atomic mass is 16.5. The lowest BCUT2D eigenvalue weighted by molar-refractivity contribution is 0.185. The third-order valence-corrected chi connectivity index (χ3v) is 1.51. The Morgan fingerprint density at radius 1 is 1.36 bits per heavy atom. The van der Waals surface area contributed by atoms with E-state index in [1.54, 1.807) is 7.11 Å². The number of hydrogen-bond acceptors (Lipinski definition) is 1. The molecule has 11 heavy (non-hydrogen) atoms. The lowest BCUT2D eigenvalue weighted by Crippen LogP contribution is -1.89. The van der Waals surface area contributed by atoms with Gasteiger partial charge >= 0.3 is 0 Å². The maximum atomic E-state index is 5.01. The maximum absolute atomic E-state index is 5.01. The predicted octanol–water partition coefficient (Wildman–Crippen LogP) is 2.32. The summed E-state index contributed by atoms with van der Waals surface area (Å²) in [6.45, 7) is 6.60. The van der Waals surface area contributed by atoms with Gasteiger partial charge in [-0.05, 0) is 0 Å². The Morgan fingerprint density at radius 2 is 2.09 bits per heavy atom. The average Bonchev–Trinajstić information content (AvgIpc) is 1.85. The van der Waals surface area contributed by atoms with E-state index in [0.717, 1.165) is 5.56 Å². The molecule has 0 aliphatic rings. The summed E-state index contributed by atoms with van der Waals surface area (Å²) >= 11 is 0. The van der Waals surface area contributed by atoms with Crippen molar-refractivity contribution in [1.29, 1.82) is 0 Å². The molecule has 0 saturated heterocycles. The van der Waals surface area contributed by atoms with Crippen LogP contribution in [0.2, 0.25) is 0 Å². The van der Waals surface area contributed by atoms with E-state index in [9.17, 15) is 0 Å². The van der Waals surface area contributed by atoms with Crippen LogP contribution in [0.15, 0.2) is 18.2 Å². The van der Waals surface area contributed by atoms with Gasteiger partial charge in [-0.2, -0.15) is 24.6 Å². The molecule has 1 aromatic rings. The summed E-state index contributed by atoms with van der Waals surface area (Å²) in [6.07, 6.45) is 0. The summed E-state index contributed by atoms with van der Waals surface area (Å²) in [5, 5.41) is 0. The van der Waals surface area contributed by atoms with Crippen molar-refractivity contribution in [2.75, 3.05) is 7.11 Å². The van der Waals surface area contributed by atoms with Gasteiger partial charge in [0.05, 0.1) is 6.61 Å². The van der Waals surface area contributed by atoms with Crippen molar-refractivity contribution >= 4 is 0 Å². The van der Waals surface area contributed by atoms with Crippen LogP contribution in [0.4, 0.5) is 0 Å². The van der Waals surface area contributed by atoms with Crippen LogP contribution in [0.5, 0.6) is 0 Å². The number of aryl methyl sites for hydroxylation is 1. The van der Waals surface area contributed by atoms with Gasteiger partial charge < -0.3 is 4.74 Å². The largest absolute Gasteiger partial charge is 0.381 e. The highest BCUT2D eigenvalue weighted by molar-refractivity contribution is 5.30. The molecule has 0 heterocycles. The molecule has 0 saturated carbocycles. The maximum Gasteiger partial charge on any atom is 0.0601 e. The van der Waals surface area contributed by atoms with Crippen LogP contribution in [0.3, 0.4) is 0 Å². The summed E-state index contributed by atoms with van der Waals surface area (Å²) in [6, 6.07) is 6.20. The van der Waals surface area contributed by atoms with E-state index in [1.165, 1.54) is 11.1 Å². The Labute approximate surface area is 68.0 Å². The average molecular weight is 149 g/mol. The van der Waals surface area contributed by atoms with Gasteiger partial charge in [-0.1, -0.05) is 18.6 Å². The van der Waals surface area contributed by atoms with Crippen molar-refractivity contribution in [2.24, 2.45) is 0 Å². The minimum atomic E-state index is 0.671. The summed E-state index contributed by atoms with van der Waals surface area (Å²) < 4.78 is 5.01. The fraction of sp³-hybridized carbons (Fsp3) is 0.300. The molecule has 1 aromatic carbocycles. The van der Waals surface area contributed by atoms with Crippen LogP contribution in [0, 0.1) is 13.8 Å². The van der Waals surface area contributed by atoms with E-state index in [0.29, 0.717) is 6.61 Å². The van der Waals surface area contributed by atoms with Gasteiger partial charge in [-0.3, -0.25) is 0 Å². The predicted molar refractivity (Wildman–Crippen MR) is 46.4 cm³/mol. The number of ether oxygens (including phenoxy) is 1. The Morgan fingerprint density at radius 3 is 2.64 bits per heavy atom. The Balaban J connectivity index is 2.89. The molecule has 1 rings (SSSR count). The van der Waals surface area contributed by atoms with Gasteiger partial charge in [-0.15, -0.1) is 5.56 Å². The van der Waals surface area contributed by atoms with Crippen LogP contribution < -0.4 is 0 Å². The van der Waals surface area contributed by atoms with E-state index >= 15 is 0 Å². The molecule has 0 aliphatic carbocycles. The number of benzene rings is 1. The quantitative estimate of drug-likeness (QED) is 0.586. The topological polar surface area (TPSA) is 9.23 Å². The zero-order valence-corrected chi connectivity index (χ0v) is 7.05. The van der Waals surface area contributed by atoms with Gasteiger partial charge in [0.25, 0.3) is 0 Å². The van der Waals surface area contributed by atoms with E-state index in [4.69, 9.17) is 4.74 Å². The zero-order valence-electron chi connectivity index (χ0n) is 7.05. The van der Waals surface area contributed by atoms with Gasteiger partial charge in [0.2, 0.25) is 0 Å². The molecular formula is C10H13O-. The molecule has 0 aromatic heterocycles. The van der Waals surface area contributed by atoms with E-state index in [-0.39, 0.29) is 0 Å². The van der Waals surface area contributed by atoms with Crippen LogP contribution >= 0.6 is 0 Å². The second-order valence-corrected chi connectivity index (χ2v) is 2.76. The molecule has 0 spiro atoms. The van der Waals surface area contributed by atoms with Crippen molar-refractivity contribution in [3.63, 3.8) is 0 Å². The van der Waals surface area contributed by atoms with Crippen molar-refractivity contribution < 1.29 is 4.74 Å². The Hall–Kier alpha value is -0.950. The number of hydrogen-bond donors (Lipinski definition) is 0. The van der Waals surface area contributed by atoms with Crippen LogP contribution in [0.25, 0.3) is 0 Å². The van der Waals surface area contributed by atoms with E-state index < -0.39 is 0 Å². The second-order valence-electron chi connectivity index (χ2n) is 2.76. The van der Waals surface area contributed by atoms with Crippen molar-refractivity contribution in [2.45, 2.75) is 13.5 Å². The summed E-state index contributed by atoms with van der Waals surface area (Å²) in [4.78, 5) is 0. The number of rotatable bonds is 2. The smallest absolute Gasteiger partial charge is 0.0601 e. The van der Waals surface area contributed by atoms with Crippen LogP contribution in [0.1, 0.15) is 16.7 Å². The molecule has 1 nitrogen and oxygen atoms in total. The van der Waals surface area contributed by atoms with Gasteiger partial charge in [0.1, 0.15) is 0 Å². The third-order valence-electron chi connectivity index (χ3n) is 1.51. The monoisotopic (exact) mass is 149 g/mol. The van der Waals surface area contributed by atoms with Gasteiger partial charge in [0, 0.05) is 7.11 Å². The summed E-state index contributed by atoms with van der Waals surface area (Å²) in [5.41, 5.74) is 3.49. The van der Waals surface area contributed by atoms with E-state index in [1.807, 2.05) is 6.07 Å². The molecule has 0 aliphatic heterocycles. The van der Waals surface area contributed by atoms with E-state index in [2.05, 4.69) is 26.0 Å². The first-order valence-electron chi connectivity index (χ1n) is 3.64. The van der Waals surface area contributed by atoms with Crippen molar-refractivity contribution in [3.8, 4) is 0 Å². The Kier molecular flexibility index (Phi) is 2.55. The molecule has 0 amide bonds. The van der Waals surface area contributed by atoms with Gasteiger partial charge in [-0.25, -0.2) is 0 Å². The first-order chi connectivity index (χ1) is 5.22. The lowest BCUT2D eigenvalue weighted by atomic mass is 10.1. The molecule has 60 valence electrons. The SMILES string of the molecule is [CH2-]c1cc(C)cc(COC)c1. The first kappa shape index (κ1) is 8.15. The molecule has 0 fully saturated rings. The minimum absolute atomic E-state index is 0.671. The molecule has 1 heteroatoms. The first-order valence-corrected chi connectivity index (χ1v) is 3.64. The summed E-state index contributed by atoms with van der Waals surface area (Å²) in [7, 11) is 1.70. The molecule has 0 N–H and O–H groups in total. The van der Waals surface area contributed by atoms with Crippen molar-refractivity contribution in [1.82, 2.24) is 0 Å². The normalized spacial score (nSPS) is 10.0. The summed E-state index contributed by atoms with van der Waals surface area (Å²) in [5.74, 6) is 0. The molecular weight excluding hydrogens is 136 g/mol. The fourth-order valence-corrected chi connectivity index (χ4v) is 1.20. The molecule has 0 bridgehead atoms. The van der Waals surface area contributed by atoms with Gasteiger partial charge in [0.15, 0.2) is 0 Å². The Bertz CT molecular complexity index is 220. The lowest BCUT2D eigenvalue weighted by Gasteiger charge is -2.09.